The van der Waals surface area contributed by atoms with Crippen LogP contribution in [0.25, 0.3) is 0 Å². The van der Waals surface area contributed by atoms with Crippen molar-refractivity contribution in [2.75, 3.05) is 13.7 Å². The van der Waals surface area contributed by atoms with Gasteiger partial charge in [0.1, 0.15) is 12.2 Å². The van der Waals surface area contributed by atoms with E-state index in [9.17, 15) is 33.9 Å². The molecule has 0 unspecified atom stereocenters. The van der Waals surface area contributed by atoms with Gasteiger partial charge < -0.3 is 33.5 Å². The lowest BCUT2D eigenvalue weighted by molar-refractivity contribution is -0.206. The topological polar surface area (TPSA) is 178 Å². The average Bonchev–Trinajstić information content (AvgIpc) is 3.13. The molecule has 0 aromatic heterocycles. The molecule has 40 heavy (non-hydrogen) atoms. The molecule has 1 saturated heterocycles. The molecular formula is C27H34O13. The van der Waals surface area contributed by atoms with E-state index in [1.165, 1.54) is 19.1 Å². The summed E-state index contributed by atoms with van der Waals surface area (Å²) in [5.41, 5.74) is -2.17. The Hall–Kier alpha value is -4.00. The number of esters is 6. The smallest absolute Gasteiger partial charge is 0.354 e. The summed E-state index contributed by atoms with van der Waals surface area (Å²) in [6.07, 6.45) is -2.54. The molecule has 1 fully saturated rings. The molecule has 1 N–H and O–H groups in total. The molecule has 220 valence electrons. The molecule has 2 aliphatic rings. The Labute approximate surface area is 231 Å². The lowest BCUT2D eigenvalue weighted by Gasteiger charge is -2.37. The highest BCUT2D eigenvalue weighted by atomic mass is 16.6. The fraction of sp³-hybridized carbons (Fsp3) is 0.556. The van der Waals surface area contributed by atoms with Gasteiger partial charge in [-0.1, -0.05) is 12.7 Å². The summed E-state index contributed by atoms with van der Waals surface area (Å²) in [6.45, 7) is 8.96. The van der Waals surface area contributed by atoms with E-state index < -0.39 is 78.4 Å². The quantitative estimate of drug-likeness (QED) is 0.191. The third kappa shape index (κ3) is 7.34. The molecule has 2 rings (SSSR count). The Balaban J connectivity index is 2.78. The summed E-state index contributed by atoms with van der Waals surface area (Å²) in [5.74, 6) is -6.83. The highest BCUT2D eigenvalue weighted by Gasteiger charge is 2.54. The highest BCUT2D eigenvalue weighted by molar-refractivity contribution is 5.93. The second kappa shape index (κ2) is 13.4. The van der Waals surface area contributed by atoms with Crippen LogP contribution >= 0.6 is 0 Å². The van der Waals surface area contributed by atoms with Gasteiger partial charge in [-0.2, -0.15) is 0 Å². The first-order chi connectivity index (χ1) is 18.7. The average molecular weight is 567 g/mol. The summed E-state index contributed by atoms with van der Waals surface area (Å²) >= 11 is 0. The second-order valence-corrected chi connectivity index (χ2v) is 9.45. The standard InChI is InChI=1S/C27H34O13/c1-13-21-20(38-24(13)32)11-18(12-28)9-8-10-19(25(33)35-7)22(37-16(4)30)23(21)39-26(34)27(6,40-17(5)31)14(2)36-15(3)29/h10-11,14,20-23,28H,1,8-9,12H2,2-7H3/b18-11-,19-10+/t14-,20+,21-,22-,23-,27-/m0/s1. The van der Waals surface area contributed by atoms with Crippen LogP contribution in [0.1, 0.15) is 47.5 Å². The summed E-state index contributed by atoms with van der Waals surface area (Å²) in [4.78, 5) is 75.1. The van der Waals surface area contributed by atoms with Crippen LogP contribution in [0.2, 0.25) is 0 Å². The van der Waals surface area contributed by atoms with Crippen LogP contribution in [-0.4, -0.2) is 84.7 Å². The Morgan fingerprint density at radius 3 is 2.30 bits per heavy atom. The molecule has 0 aromatic carbocycles. The zero-order chi connectivity index (χ0) is 30.4. The zero-order valence-corrected chi connectivity index (χ0v) is 23.2. The van der Waals surface area contributed by atoms with Gasteiger partial charge in [0.15, 0.2) is 12.2 Å². The number of aliphatic hydroxyl groups is 1. The number of carbonyl (C=O) groups excluding carboxylic acids is 6. The number of carbonyl (C=O) groups is 6. The Bertz CT molecular complexity index is 1130. The lowest BCUT2D eigenvalue weighted by atomic mass is 9.83. The minimum atomic E-state index is -2.21. The molecule has 13 heteroatoms. The molecule has 0 radical (unpaired) electrons. The largest absolute Gasteiger partial charge is 0.466 e. The van der Waals surface area contributed by atoms with Gasteiger partial charge in [0, 0.05) is 26.3 Å². The van der Waals surface area contributed by atoms with E-state index in [2.05, 4.69) is 6.58 Å². The van der Waals surface area contributed by atoms with E-state index in [1.54, 1.807) is 0 Å². The number of ether oxygens (including phenoxy) is 6. The van der Waals surface area contributed by atoms with Crippen molar-refractivity contribution in [2.45, 2.75) is 77.5 Å². The number of rotatable bonds is 8. The van der Waals surface area contributed by atoms with Gasteiger partial charge in [-0.15, -0.1) is 0 Å². The maximum absolute atomic E-state index is 13.7. The normalized spacial score (nSPS) is 27.6. The van der Waals surface area contributed by atoms with Crippen molar-refractivity contribution in [1.82, 2.24) is 0 Å². The summed E-state index contributed by atoms with van der Waals surface area (Å²) < 4.78 is 32.0. The number of aliphatic hydroxyl groups excluding tert-OH is 1. The van der Waals surface area contributed by atoms with Gasteiger partial charge in [-0.3, -0.25) is 14.4 Å². The minimum absolute atomic E-state index is 0.163. The van der Waals surface area contributed by atoms with Crippen LogP contribution in [0.4, 0.5) is 0 Å². The Morgan fingerprint density at radius 1 is 1.12 bits per heavy atom. The zero-order valence-electron chi connectivity index (χ0n) is 23.2. The Kier molecular flexibility index (Phi) is 10.8. The predicted molar refractivity (Wildman–Crippen MR) is 134 cm³/mol. The maximum Gasteiger partial charge on any atom is 0.354 e. The van der Waals surface area contributed by atoms with Crippen molar-refractivity contribution in [1.29, 1.82) is 0 Å². The summed E-state index contributed by atoms with van der Waals surface area (Å²) in [7, 11) is 1.09. The molecule has 0 bridgehead atoms. The van der Waals surface area contributed by atoms with E-state index in [-0.39, 0.29) is 24.0 Å². The number of hydrogen-bond donors (Lipinski definition) is 1. The minimum Gasteiger partial charge on any atom is -0.466 e. The number of methoxy groups -OCH3 is 1. The van der Waals surface area contributed by atoms with Crippen LogP contribution in [0.15, 0.2) is 35.5 Å². The predicted octanol–water partition coefficient (Wildman–Crippen LogP) is 1.01. The third-order valence-corrected chi connectivity index (χ3v) is 6.49. The fourth-order valence-electron chi connectivity index (χ4n) is 4.42. The van der Waals surface area contributed by atoms with Gasteiger partial charge in [0.05, 0.1) is 25.2 Å². The van der Waals surface area contributed by atoms with Crippen LogP contribution < -0.4 is 0 Å². The van der Waals surface area contributed by atoms with Crippen LogP contribution in [0.3, 0.4) is 0 Å². The van der Waals surface area contributed by atoms with Crippen LogP contribution in [0, 0.1) is 5.92 Å². The van der Waals surface area contributed by atoms with Crippen molar-refractivity contribution in [2.24, 2.45) is 5.92 Å². The van der Waals surface area contributed by atoms with E-state index in [0.29, 0.717) is 5.57 Å². The van der Waals surface area contributed by atoms with Gasteiger partial charge >= 0.3 is 35.8 Å². The van der Waals surface area contributed by atoms with Gasteiger partial charge in [0.25, 0.3) is 0 Å². The van der Waals surface area contributed by atoms with Gasteiger partial charge in [-0.25, -0.2) is 14.4 Å². The van der Waals surface area contributed by atoms with E-state index >= 15 is 0 Å². The lowest BCUT2D eigenvalue weighted by Crippen LogP contribution is -2.55. The highest BCUT2D eigenvalue weighted by Crippen LogP contribution is 2.39. The van der Waals surface area contributed by atoms with E-state index in [1.807, 2.05) is 0 Å². The molecule has 1 heterocycles. The first-order valence-electron chi connectivity index (χ1n) is 12.4. The Morgan fingerprint density at radius 2 is 1.77 bits per heavy atom. The molecule has 0 amide bonds. The van der Waals surface area contributed by atoms with Crippen molar-refractivity contribution in [3.05, 3.63) is 35.5 Å². The summed E-state index contributed by atoms with van der Waals surface area (Å²) in [6, 6.07) is 0. The van der Waals surface area contributed by atoms with Crippen molar-refractivity contribution >= 4 is 35.8 Å². The summed E-state index contributed by atoms with van der Waals surface area (Å²) in [5, 5.41) is 9.86. The third-order valence-electron chi connectivity index (χ3n) is 6.49. The molecule has 6 atom stereocenters. The first kappa shape index (κ1) is 32.2. The van der Waals surface area contributed by atoms with Gasteiger partial charge in [-0.05, 0) is 38.3 Å². The molecule has 0 aromatic rings. The molecular weight excluding hydrogens is 532 g/mol. The van der Waals surface area contributed by atoms with E-state index in [0.717, 1.165) is 34.8 Å². The molecule has 1 aliphatic carbocycles. The molecule has 0 saturated carbocycles. The second-order valence-electron chi connectivity index (χ2n) is 9.45. The number of fused-ring (bicyclic) bond motifs is 1. The van der Waals surface area contributed by atoms with Crippen molar-refractivity contribution < 1.29 is 62.3 Å². The number of allylic oxidation sites excluding steroid dienone is 1. The molecule has 1 aliphatic heterocycles. The molecule has 0 spiro atoms. The van der Waals surface area contributed by atoms with Crippen molar-refractivity contribution in [3.8, 4) is 0 Å². The fourth-order valence-corrected chi connectivity index (χ4v) is 4.42. The van der Waals surface area contributed by atoms with Crippen molar-refractivity contribution in [3.63, 3.8) is 0 Å². The molecule has 13 nitrogen and oxygen atoms in total. The SMILES string of the molecule is C=C1C(=O)O[C@@H]2/C=C(\CO)CC/C=C(/C(=O)OC)[C@H](OC(C)=O)[C@@H](OC(=O)[C@@](C)(OC(C)=O)[C@H](C)OC(C)=O)[C@@H]12. The van der Waals surface area contributed by atoms with E-state index in [4.69, 9.17) is 28.4 Å². The maximum atomic E-state index is 13.7. The number of hydrogen-bond acceptors (Lipinski definition) is 13. The van der Waals surface area contributed by atoms with Gasteiger partial charge in [0.2, 0.25) is 5.60 Å². The van der Waals surface area contributed by atoms with Crippen LogP contribution in [0.5, 0.6) is 0 Å². The first-order valence-corrected chi connectivity index (χ1v) is 12.4. The monoisotopic (exact) mass is 566 g/mol. The van der Waals surface area contributed by atoms with Crippen LogP contribution in [-0.2, 0) is 57.2 Å².